The summed E-state index contributed by atoms with van der Waals surface area (Å²) in [6.45, 7) is 2.63. The summed E-state index contributed by atoms with van der Waals surface area (Å²) in [5.41, 5.74) is 4.03. The Morgan fingerprint density at radius 3 is 2.83 bits per heavy atom. The Kier molecular flexibility index (Phi) is 5.06. The SMILES string of the molecule is Cc1cccc(-c2nnc(SCc3cn4cc(Cl)ccc4n3)n2Cc2ccco2)c1. The Hall–Kier alpha value is -3.03. The number of fused-ring (bicyclic) bond motifs is 1. The molecule has 0 fully saturated rings. The molecule has 0 aliphatic heterocycles. The lowest BCUT2D eigenvalue weighted by Gasteiger charge is -2.09. The lowest BCUT2D eigenvalue weighted by molar-refractivity contribution is 0.485. The standard InChI is InChI=1S/C22H18ClN5OS/c1-15-4-2-5-16(10-15)21-25-26-22(28(21)13-19-6-3-9-29-19)30-14-18-12-27-11-17(23)7-8-20(27)24-18/h2-12H,13-14H2,1H3. The van der Waals surface area contributed by atoms with Gasteiger partial charge in [-0.05, 0) is 37.3 Å². The molecule has 0 atom stereocenters. The zero-order valence-corrected chi connectivity index (χ0v) is 17.8. The fourth-order valence-electron chi connectivity index (χ4n) is 3.32. The Balaban J connectivity index is 1.46. The van der Waals surface area contributed by atoms with E-state index in [1.807, 2.05) is 47.1 Å². The van der Waals surface area contributed by atoms with Gasteiger partial charge in [-0.3, -0.25) is 4.57 Å². The molecule has 0 aliphatic carbocycles. The summed E-state index contributed by atoms with van der Waals surface area (Å²) in [6.07, 6.45) is 5.52. The minimum Gasteiger partial charge on any atom is -0.467 e. The van der Waals surface area contributed by atoms with E-state index in [1.54, 1.807) is 18.0 Å². The van der Waals surface area contributed by atoms with Crippen LogP contribution in [0.5, 0.6) is 0 Å². The first-order valence-corrected chi connectivity index (χ1v) is 10.8. The highest BCUT2D eigenvalue weighted by molar-refractivity contribution is 7.98. The number of pyridine rings is 1. The highest BCUT2D eigenvalue weighted by Crippen LogP contribution is 2.28. The summed E-state index contributed by atoms with van der Waals surface area (Å²) in [7, 11) is 0. The van der Waals surface area contributed by atoms with E-state index in [1.165, 1.54) is 5.56 Å². The first-order chi connectivity index (χ1) is 14.7. The molecule has 1 aromatic carbocycles. The normalized spacial score (nSPS) is 11.4. The van der Waals surface area contributed by atoms with E-state index >= 15 is 0 Å². The van der Waals surface area contributed by atoms with Gasteiger partial charge in [-0.25, -0.2) is 4.98 Å². The highest BCUT2D eigenvalue weighted by Gasteiger charge is 2.16. The largest absolute Gasteiger partial charge is 0.467 e. The number of thioether (sulfide) groups is 1. The number of benzene rings is 1. The highest BCUT2D eigenvalue weighted by atomic mass is 35.5. The molecule has 6 nitrogen and oxygen atoms in total. The van der Waals surface area contributed by atoms with Gasteiger partial charge in [-0.1, -0.05) is 47.1 Å². The van der Waals surface area contributed by atoms with Crippen molar-refractivity contribution in [3.05, 3.63) is 89.2 Å². The molecule has 0 unspecified atom stereocenters. The molecule has 0 radical (unpaired) electrons. The maximum atomic E-state index is 6.08. The quantitative estimate of drug-likeness (QED) is 0.330. The summed E-state index contributed by atoms with van der Waals surface area (Å²) < 4.78 is 9.60. The first kappa shape index (κ1) is 19.0. The van der Waals surface area contributed by atoms with Crippen LogP contribution in [0.1, 0.15) is 17.0 Å². The summed E-state index contributed by atoms with van der Waals surface area (Å²) in [5.74, 6) is 2.34. The number of furan rings is 1. The van der Waals surface area contributed by atoms with Gasteiger partial charge >= 0.3 is 0 Å². The Morgan fingerprint density at radius 1 is 1.07 bits per heavy atom. The van der Waals surface area contributed by atoms with E-state index in [0.29, 0.717) is 17.3 Å². The van der Waals surface area contributed by atoms with Crippen LogP contribution in [0.25, 0.3) is 17.0 Å². The maximum absolute atomic E-state index is 6.08. The van der Waals surface area contributed by atoms with Crippen molar-refractivity contribution in [2.45, 2.75) is 24.4 Å². The smallest absolute Gasteiger partial charge is 0.192 e. The third-order valence-corrected chi connectivity index (χ3v) is 5.93. The third kappa shape index (κ3) is 3.86. The van der Waals surface area contributed by atoms with Gasteiger partial charge in [-0.15, -0.1) is 10.2 Å². The minimum atomic E-state index is 0.562. The number of aromatic nitrogens is 5. The van der Waals surface area contributed by atoms with Gasteiger partial charge in [0.25, 0.3) is 0 Å². The molecular formula is C22H18ClN5OS. The van der Waals surface area contributed by atoms with Gasteiger partial charge in [0, 0.05) is 23.7 Å². The minimum absolute atomic E-state index is 0.562. The molecule has 8 heteroatoms. The van der Waals surface area contributed by atoms with Crippen molar-refractivity contribution in [1.82, 2.24) is 24.1 Å². The molecule has 4 heterocycles. The molecule has 5 rings (SSSR count). The first-order valence-electron chi connectivity index (χ1n) is 9.44. The van der Waals surface area contributed by atoms with Crippen LogP contribution >= 0.6 is 23.4 Å². The van der Waals surface area contributed by atoms with E-state index in [9.17, 15) is 0 Å². The van der Waals surface area contributed by atoms with Gasteiger partial charge < -0.3 is 8.82 Å². The molecule has 5 aromatic rings. The number of hydrogen-bond donors (Lipinski definition) is 0. The fourth-order valence-corrected chi connectivity index (χ4v) is 4.31. The zero-order chi connectivity index (χ0) is 20.5. The van der Waals surface area contributed by atoms with Crippen molar-refractivity contribution >= 4 is 29.0 Å². The Labute approximate surface area is 182 Å². The molecule has 4 aromatic heterocycles. The van der Waals surface area contributed by atoms with Crippen molar-refractivity contribution in [2.75, 3.05) is 0 Å². The van der Waals surface area contributed by atoms with Crippen LogP contribution in [0.15, 0.2) is 76.8 Å². The number of rotatable bonds is 6. The maximum Gasteiger partial charge on any atom is 0.192 e. The Morgan fingerprint density at radius 2 is 2.00 bits per heavy atom. The third-order valence-electron chi connectivity index (χ3n) is 4.70. The second-order valence-electron chi connectivity index (χ2n) is 6.97. The fraction of sp³-hybridized carbons (Fsp3) is 0.136. The van der Waals surface area contributed by atoms with Crippen LogP contribution < -0.4 is 0 Å². The van der Waals surface area contributed by atoms with Crippen molar-refractivity contribution in [1.29, 1.82) is 0 Å². The predicted molar refractivity (Wildman–Crippen MR) is 118 cm³/mol. The van der Waals surface area contributed by atoms with E-state index in [4.69, 9.17) is 16.0 Å². The average molecular weight is 436 g/mol. The summed E-state index contributed by atoms with van der Waals surface area (Å²) >= 11 is 7.68. The van der Waals surface area contributed by atoms with Crippen LogP contribution in [-0.2, 0) is 12.3 Å². The monoisotopic (exact) mass is 435 g/mol. The molecule has 0 aliphatic rings. The lowest BCUT2D eigenvalue weighted by Crippen LogP contribution is -2.03. The topological polar surface area (TPSA) is 61.1 Å². The predicted octanol–water partition coefficient (Wildman–Crippen LogP) is 5.49. The molecule has 30 heavy (non-hydrogen) atoms. The van der Waals surface area contributed by atoms with E-state index < -0.39 is 0 Å². The molecule has 150 valence electrons. The average Bonchev–Trinajstić information content (AvgIpc) is 3.46. The van der Waals surface area contributed by atoms with Crippen molar-refractivity contribution in [2.24, 2.45) is 0 Å². The molecule has 0 amide bonds. The van der Waals surface area contributed by atoms with E-state index in [0.717, 1.165) is 33.6 Å². The molecule has 0 saturated carbocycles. The molecule has 0 N–H and O–H groups in total. The Bertz CT molecular complexity index is 1310. The van der Waals surface area contributed by atoms with Gasteiger partial charge in [0.1, 0.15) is 11.4 Å². The van der Waals surface area contributed by atoms with E-state index in [-0.39, 0.29) is 0 Å². The van der Waals surface area contributed by atoms with Crippen LogP contribution in [-0.4, -0.2) is 24.1 Å². The summed E-state index contributed by atoms with van der Waals surface area (Å²) in [5, 5.41) is 10.4. The number of aryl methyl sites for hydroxylation is 1. The molecule has 0 saturated heterocycles. The second-order valence-corrected chi connectivity index (χ2v) is 8.35. The molecule has 0 bridgehead atoms. The lowest BCUT2D eigenvalue weighted by atomic mass is 10.1. The van der Waals surface area contributed by atoms with Gasteiger partial charge in [0.05, 0.1) is 23.5 Å². The van der Waals surface area contributed by atoms with Crippen molar-refractivity contribution < 1.29 is 4.42 Å². The van der Waals surface area contributed by atoms with Gasteiger partial charge in [0.2, 0.25) is 0 Å². The summed E-state index contributed by atoms with van der Waals surface area (Å²) in [6, 6.07) is 15.9. The number of halogens is 1. The van der Waals surface area contributed by atoms with Crippen LogP contribution in [0.2, 0.25) is 5.02 Å². The number of imidazole rings is 1. The number of hydrogen-bond acceptors (Lipinski definition) is 5. The summed E-state index contributed by atoms with van der Waals surface area (Å²) in [4.78, 5) is 4.66. The second kappa shape index (κ2) is 8.01. The van der Waals surface area contributed by atoms with Crippen LogP contribution in [0.3, 0.4) is 0 Å². The van der Waals surface area contributed by atoms with Gasteiger partial charge in [-0.2, -0.15) is 0 Å². The molecular weight excluding hydrogens is 418 g/mol. The molecule has 0 spiro atoms. The van der Waals surface area contributed by atoms with Gasteiger partial charge in [0.15, 0.2) is 11.0 Å². The van der Waals surface area contributed by atoms with Crippen LogP contribution in [0.4, 0.5) is 0 Å². The van der Waals surface area contributed by atoms with Crippen molar-refractivity contribution in [3.8, 4) is 11.4 Å². The van der Waals surface area contributed by atoms with Crippen LogP contribution in [0, 0.1) is 6.92 Å². The number of nitrogens with zero attached hydrogens (tertiary/aromatic N) is 5. The van der Waals surface area contributed by atoms with E-state index in [2.05, 4.69) is 44.9 Å². The zero-order valence-electron chi connectivity index (χ0n) is 16.2. The van der Waals surface area contributed by atoms with Crippen molar-refractivity contribution in [3.63, 3.8) is 0 Å².